The SMILES string of the molecule is CC(C)CN(C(=O)c1cccc(N)n1)C(C)C.Cl. The fourth-order valence-corrected chi connectivity index (χ4v) is 1.64. The third-order valence-corrected chi connectivity index (χ3v) is 2.44. The van der Waals surface area contributed by atoms with Gasteiger partial charge in [-0.15, -0.1) is 12.4 Å². The summed E-state index contributed by atoms with van der Waals surface area (Å²) in [7, 11) is 0. The van der Waals surface area contributed by atoms with E-state index in [9.17, 15) is 4.79 Å². The number of hydrogen-bond acceptors (Lipinski definition) is 3. The number of halogens is 1. The number of anilines is 1. The Balaban J connectivity index is 0.00000289. The first-order valence-corrected chi connectivity index (χ1v) is 5.95. The molecule has 0 aromatic carbocycles. The standard InChI is InChI=1S/C13H21N3O.ClH/c1-9(2)8-16(10(3)4)13(17)11-6-5-7-12(14)15-11;/h5-7,9-10H,8H2,1-4H3,(H2,14,15);1H. The van der Waals surface area contributed by atoms with E-state index in [2.05, 4.69) is 18.8 Å². The number of carbonyl (C=O) groups excluding carboxylic acids is 1. The monoisotopic (exact) mass is 271 g/mol. The Labute approximate surface area is 115 Å². The van der Waals surface area contributed by atoms with Crippen LogP contribution in [0.1, 0.15) is 38.2 Å². The molecule has 0 unspecified atom stereocenters. The molecule has 1 aromatic rings. The van der Waals surface area contributed by atoms with Gasteiger partial charge in [-0.1, -0.05) is 19.9 Å². The average molecular weight is 272 g/mol. The van der Waals surface area contributed by atoms with Crippen molar-refractivity contribution in [1.82, 2.24) is 9.88 Å². The second-order valence-corrected chi connectivity index (χ2v) is 4.89. The molecule has 102 valence electrons. The molecule has 5 heteroatoms. The van der Waals surface area contributed by atoms with Gasteiger partial charge in [-0.25, -0.2) is 4.98 Å². The Morgan fingerprint density at radius 2 is 1.94 bits per heavy atom. The highest BCUT2D eigenvalue weighted by atomic mass is 35.5. The number of aromatic nitrogens is 1. The van der Waals surface area contributed by atoms with Crippen molar-refractivity contribution < 1.29 is 4.79 Å². The summed E-state index contributed by atoms with van der Waals surface area (Å²) in [5.74, 6) is 0.757. The van der Waals surface area contributed by atoms with Gasteiger partial charge in [0, 0.05) is 12.6 Å². The van der Waals surface area contributed by atoms with Crippen molar-refractivity contribution in [3.63, 3.8) is 0 Å². The molecule has 1 heterocycles. The van der Waals surface area contributed by atoms with E-state index in [-0.39, 0.29) is 24.4 Å². The summed E-state index contributed by atoms with van der Waals surface area (Å²) < 4.78 is 0. The predicted molar refractivity (Wildman–Crippen MR) is 76.9 cm³/mol. The summed E-state index contributed by atoms with van der Waals surface area (Å²) in [6, 6.07) is 5.30. The summed E-state index contributed by atoms with van der Waals surface area (Å²) in [6.07, 6.45) is 0. The topological polar surface area (TPSA) is 59.2 Å². The first-order valence-electron chi connectivity index (χ1n) is 5.95. The number of rotatable bonds is 4. The van der Waals surface area contributed by atoms with Crippen LogP contribution in [0.2, 0.25) is 0 Å². The highest BCUT2D eigenvalue weighted by Gasteiger charge is 2.20. The molecule has 18 heavy (non-hydrogen) atoms. The number of pyridine rings is 1. The van der Waals surface area contributed by atoms with Gasteiger partial charge in [-0.05, 0) is 31.9 Å². The van der Waals surface area contributed by atoms with Crippen LogP contribution in [0, 0.1) is 5.92 Å². The number of nitrogen functional groups attached to an aromatic ring is 1. The van der Waals surface area contributed by atoms with Gasteiger partial charge in [0.25, 0.3) is 5.91 Å². The first-order chi connectivity index (χ1) is 7.91. The largest absolute Gasteiger partial charge is 0.384 e. The summed E-state index contributed by atoms with van der Waals surface area (Å²) in [5, 5.41) is 0. The van der Waals surface area contributed by atoms with Crippen molar-refractivity contribution in [2.45, 2.75) is 33.7 Å². The van der Waals surface area contributed by atoms with Crippen LogP contribution in [-0.2, 0) is 0 Å². The minimum Gasteiger partial charge on any atom is -0.384 e. The molecular formula is C13H22ClN3O. The Hall–Kier alpha value is -1.29. The minimum absolute atomic E-state index is 0. The van der Waals surface area contributed by atoms with E-state index in [0.29, 0.717) is 17.4 Å². The zero-order valence-corrected chi connectivity index (χ0v) is 12.2. The Morgan fingerprint density at radius 3 is 2.39 bits per heavy atom. The molecule has 0 atom stereocenters. The van der Waals surface area contributed by atoms with Crippen LogP contribution >= 0.6 is 12.4 Å². The molecule has 0 aliphatic heterocycles. The second-order valence-electron chi connectivity index (χ2n) is 4.89. The lowest BCUT2D eigenvalue weighted by atomic mass is 10.1. The molecule has 1 aromatic heterocycles. The molecule has 0 radical (unpaired) electrons. The fraction of sp³-hybridized carbons (Fsp3) is 0.538. The van der Waals surface area contributed by atoms with Gasteiger partial charge in [0.05, 0.1) is 0 Å². The minimum atomic E-state index is -0.0546. The third-order valence-electron chi connectivity index (χ3n) is 2.44. The summed E-state index contributed by atoms with van der Waals surface area (Å²) in [5.41, 5.74) is 6.01. The fourth-order valence-electron chi connectivity index (χ4n) is 1.64. The van der Waals surface area contributed by atoms with Gasteiger partial charge in [0.2, 0.25) is 0 Å². The maximum Gasteiger partial charge on any atom is 0.272 e. The van der Waals surface area contributed by atoms with Crippen LogP contribution in [0.25, 0.3) is 0 Å². The van der Waals surface area contributed by atoms with Gasteiger partial charge in [0.1, 0.15) is 11.5 Å². The van der Waals surface area contributed by atoms with Crippen LogP contribution in [0.15, 0.2) is 18.2 Å². The van der Waals surface area contributed by atoms with Crippen LogP contribution in [0.3, 0.4) is 0 Å². The van der Waals surface area contributed by atoms with Gasteiger partial charge >= 0.3 is 0 Å². The number of amides is 1. The lowest BCUT2D eigenvalue weighted by Crippen LogP contribution is -2.39. The molecule has 0 aliphatic rings. The molecule has 0 saturated heterocycles. The lowest BCUT2D eigenvalue weighted by Gasteiger charge is -2.28. The average Bonchev–Trinajstić information content (AvgIpc) is 2.24. The smallest absolute Gasteiger partial charge is 0.272 e. The van der Waals surface area contributed by atoms with Crippen LogP contribution < -0.4 is 5.73 Å². The molecule has 0 spiro atoms. The molecule has 0 fully saturated rings. The number of nitrogens with two attached hydrogens (primary N) is 1. The zero-order chi connectivity index (χ0) is 13.0. The molecular weight excluding hydrogens is 250 g/mol. The Morgan fingerprint density at radius 1 is 1.33 bits per heavy atom. The molecule has 4 nitrogen and oxygen atoms in total. The molecule has 0 aliphatic carbocycles. The summed E-state index contributed by atoms with van der Waals surface area (Å²) in [6.45, 7) is 8.93. The van der Waals surface area contributed by atoms with Crippen molar-refractivity contribution in [1.29, 1.82) is 0 Å². The zero-order valence-electron chi connectivity index (χ0n) is 11.4. The first kappa shape index (κ1) is 16.7. The summed E-state index contributed by atoms with van der Waals surface area (Å²) in [4.78, 5) is 18.2. The highest BCUT2D eigenvalue weighted by molar-refractivity contribution is 5.92. The quantitative estimate of drug-likeness (QED) is 0.916. The Bertz CT molecular complexity index is 394. The lowest BCUT2D eigenvalue weighted by molar-refractivity contribution is 0.0676. The van der Waals surface area contributed by atoms with E-state index in [1.165, 1.54) is 0 Å². The van der Waals surface area contributed by atoms with Gasteiger partial charge < -0.3 is 10.6 Å². The van der Waals surface area contributed by atoms with Crippen molar-refractivity contribution >= 4 is 24.1 Å². The van der Waals surface area contributed by atoms with Crippen molar-refractivity contribution in [3.05, 3.63) is 23.9 Å². The maximum atomic E-state index is 12.3. The molecule has 2 N–H and O–H groups in total. The van der Waals surface area contributed by atoms with E-state index >= 15 is 0 Å². The van der Waals surface area contributed by atoms with E-state index < -0.39 is 0 Å². The molecule has 1 rings (SSSR count). The van der Waals surface area contributed by atoms with E-state index in [1.54, 1.807) is 18.2 Å². The van der Waals surface area contributed by atoms with E-state index in [4.69, 9.17) is 5.73 Å². The molecule has 0 bridgehead atoms. The summed E-state index contributed by atoms with van der Waals surface area (Å²) >= 11 is 0. The maximum absolute atomic E-state index is 12.3. The van der Waals surface area contributed by atoms with E-state index in [0.717, 1.165) is 6.54 Å². The van der Waals surface area contributed by atoms with Crippen LogP contribution in [0.5, 0.6) is 0 Å². The molecule has 0 saturated carbocycles. The Kier molecular flexibility index (Phi) is 6.70. The van der Waals surface area contributed by atoms with Gasteiger partial charge in [0.15, 0.2) is 0 Å². The second kappa shape index (κ2) is 7.21. The van der Waals surface area contributed by atoms with Crippen LogP contribution in [-0.4, -0.2) is 28.4 Å². The predicted octanol–water partition coefficient (Wildman–Crippen LogP) is 2.59. The van der Waals surface area contributed by atoms with Crippen molar-refractivity contribution in [2.24, 2.45) is 5.92 Å². The van der Waals surface area contributed by atoms with Crippen molar-refractivity contribution in [3.8, 4) is 0 Å². The van der Waals surface area contributed by atoms with E-state index in [1.807, 2.05) is 18.7 Å². The van der Waals surface area contributed by atoms with Crippen LogP contribution in [0.4, 0.5) is 5.82 Å². The highest BCUT2D eigenvalue weighted by Crippen LogP contribution is 2.10. The van der Waals surface area contributed by atoms with Crippen molar-refractivity contribution in [2.75, 3.05) is 12.3 Å². The molecule has 1 amide bonds. The number of nitrogens with zero attached hydrogens (tertiary/aromatic N) is 2. The number of carbonyl (C=O) groups is 1. The van der Waals surface area contributed by atoms with Gasteiger partial charge in [-0.3, -0.25) is 4.79 Å². The van der Waals surface area contributed by atoms with Gasteiger partial charge in [-0.2, -0.15) is 0 Å². The number of hydrogen-bond donors (Lipinski definition) is 1. The third kappa shape index (κ3) is 4.53. The normalized spacial score (nSPS) is 10.3.